The molecule has 1 N–H and O–H groups in total. The largest absolute Gasteiger partial charge is 0.310 e. The van der Waals surface area contributed by atoms with E-state index in [4.69, 9.17) is 11.6 Å². The summed E-state index contributed by atoms with van der Waals surface area (Å²) in [7, 11) is 0. The quantitative estimate of drug-likeness (QED) is 0.652. The summed E-state index contributed by atoms with van der Waals surface area (Å²) in [5, 5.41) is 4.09. The zero-order chi connectivity index (χ0) is 15.4. The van der Waals surface area contributed by atoms with Crippen molar-refractivity contribution in [3.63, 3.8) is 0 Å². The predicted octanol–water partition coefficient (Wildman–Crippen LogP) is 5.29. The van der Waals surface area contributed by atoms with Crippen molar-refractivity contribution < 1.29 is 4.39 Å². The molecule has 2 aromatic carbocycles. The highest BCUT2D eigenvalue weighted by Gasteiger charge is 2.17. The zero-order valence-electron chi connectivity index (χ0n) is 12.1. The SMILES string of the molecule is CCNC(Cc1cc(F)ccc1Cl)c1cccc(C)c1I. The van der Waals surface area contributed by atoms with Gasteiger partial charge in [-0.2, -0.15) is 0 Å². The third-order valence-corrected chi connectivity index (χ3v) is 5.32. The summed E-state index contributed by atoms with van der Waals surface area (Å²) in [4.78, 5) is 0. The molecule has 0 spiro atoms. The Labute approximate surface area is 144 Å². The molecule has 0 aromatic heterocycles. The van der Waals surface area contributed by atoms with Crippen LogP contribution in [0.1, 0.15) is 29.7 Å². The number of benzene rings is 2. The standard InChI is InChI=1S/C17H18ClFIN/c1-3-21-16(14-6-4-5-11(2)17(14)20)10-12-9-13(19)7-8-15(12)18/h4-9,16,21H,3,10H2,1-2H3. The van der Waals surface area contributed by atoms with Gasteiger partial charge in [-0.25, -0.2) is 4.39 Å². The molecule has 1 nitrogen and oxygen atoms in total. The van der Waals surface area contributed by atoms with Gasteiger partial charge in [0.15, 0.2) is 0 Å². The minimum absolute atomic E-state index is 0.126. The first kappa shape index (κ1) is 16.7. The Kier molecular flexibility index (Phi) is 6.02. The number of hydrogen-bond donors (Lipinski definition) is 1. The third kappa shape index (κ3) is 4.18. The lowest BCUT2D eigenvalue weighted by molar-refractivity contribution is 0.544. The van der Waals surface area contributed by atoms with Crippen molar-refractivity contribution in [2.75, 3.05) is 6.54 Å². The summed E-state index contributed by atoms with van der Waals surface area (Å²) >= 11 is 8.57. The average Bonchev–Trinajstić information content (AvgIpc) is 2.45. The summed E-state index contributed by atoms with van der Waals surface area (Å²) in [5.74, 6) is -0.247. The maximum atomic E-state index is 13.4. The molecule has 0 saturated heterocycles. The van der Waals surface area contributed by atoms with Crippen LogP contribution in [0.2, 0.25) is 5.02 Å². The lowest BCUT2D eigenvalue weighted by atomic mass is 9.97. The molecule has 0 bridgehead atoms. The van der Waals surface area contributed by atoms with Crippen LogP contribution in [0.5, 0.6) is 0 Å². The molecule has 1 atom stereocenters. The van der Waals surface area contributed by atoms with Crippen LogP contribution in [0.25, 0.3) is 0 Å². The molecule has 2 aromatic rings. The van der Waals surface area contributed by atoms with Crippen LogP contribution in [0.3, 0.4) is 0 Å². The van der Waals surface area contributed by atoms with Gasteiger partial charge in [0.25, 0.3) is 0 Å². The van der Waals surface area contributed by atoms with Crippen molar-refractivity contribution in [1.29, 1.82) is 0 Å². The first-order chi connectivity index (χ1) is 10.0. The highest BCUT2D eigenvalue weighted by atomic mass is 127. The van der Waals surface area contributed by atoms with Crippen LogP contribution in [-0.4, -0.2) is 6.54 Å². The van der Waals surface area contributed by atoms with Gasteiger partial charge in [0.05, 0.1) is 0 Å². The third-order valence-electron chi connectivity index (χ3n) is 3.48. The van der Waals surface area contributed by atoms with Crippen molar-refractivity contribution in [3.05, 3.63) is 67.5 Å². The van der Waals surface area contributed by atoms with E-state index in [1.54, 1.807) is 6.07 Å². The molecule has 0 heterocycles. The number of aryl methyl sites for hydroxylation is 1. The lowest BCUT2D eigenvalue weighted by Gasteiger charge is -2.21. The molecule has 4 heteroatoms. The van der Waals surface area contributed by atoms with E-state index < -0.39 is 0 Å². The topological polar surface area (TPSA) is 12.0 Å². The molecule has 112 valence electrons. The van der Waals surface area contributed by atoms with Gasteiger partial charge in [-0.3, -0.25) is 0 Å². The van der Waals surface area contributed by atoms with E-state index in [2.05, 4.69) is 60.0 Å². The van der Waals surface area contributed by atoms with Gasteiger partial charge in [-0.15, -0.1) is 0 Å². The van der Waals surface area contributed by atoms with Crippen molar-refractivity contribution in [2.24, 2.45) is 0 Å². The van der Waals surface area contributed by atoms with Crippen LogP contribution >= 0.6 is 34.2 Å². The normalized spacial score (nSPS) is 12.4. The van der Waals surface area contributed by atoms with E-state index in [0.29, 0.717) is 11.4 Å². The van der Waals surface area contributed by atoms with E-state index in [9.17, 15) is 4.39 Å². The predicted molar refractivity (Wildman–Crippen MR) is 95.4 cm³/mol. The Balaban J connectivity index is 2.35. The number of rotatable bonds is 5. The Morgan fingerprint density at radius 2 is 2.05 bits per heavy atom. The van der Waals surface area contributed by atoms with Gasteiger partial charge >= 0.3 is 0 Å². The smallest absolute Gasteiger partial charge is 0.123 e. The molecule has 2 rings (SSSR count). The van der Waals surface area contributed by atoms with Crippen LogP contribution in [0, 0.1) is 16.3 Å². The Hall–Kier alpha value is -0.650. The van der Waals surface area contributed by atoms with Crippen LogP contribution in [0.15, 0.2) is 36.4 Å². The highest BCUT2D eigenvalue weighted by Crippen LogP contribution is 2.28. The van der Waals surface area contributed by atoms with E-state index >= 15 is 0 Å². The molecule has 1 unspecified atom stereocenters. The summed E-state index contributed by atoms with van der Waals surface area (Å²) in [6.45, 7) is 5.02. The lowest BCUT2D eigenvalue weighted by Crippen LogP contribution is -2.24. The van der Waals surface area contributed by atoms with E-state index in [0.717, 1.165) is 12.1 Å². The molecule has 0 aliphatic rings. The molecule has 0 aliphatic carbocycles. The first-order valence-corrected chi connectivity index (χ1v) is 8.41. The minimum Gasteiger partial charge on any atom is -0.310 e. The highest BCUT2D eigenvalue weighted by molar-refractivity contribution is 14.1. The first-order valence-electron chi connectivity index (χ1n) is 6.95. The van der Waals surface area contributed by atoms with Gasteiger partial charge in [0.2, 0.25) is 0 Å². The summed E-state index contributed by atoms with van der Waals surface area (Å²) in [6.07, 6.45) is 0.671. The number of likely N-dealkylation sites (N-methyl/N-ethyl adjacent to an activating group) is 1. The second-order valence-corrected chi connectivity index (χ2v) is 6.51. The van der Waals surface area contributed by atoms with Gasteiger partial charge in [-0.1, -0.05) is 36.7 Å². The zero-order valence-corrected chi connectivity index (χ0v) is 15.0. The molecule has 0 aliphatic heterocycles. The maximum absolute atomic E-state index is 13.4. The monoisotopic (exact) mass is 417 g/mol. The summed E-state index contributed by atoms with van der Waals surface area (Å²) in [6, 6.07) is 10.9. The Morgan fingerprint density at radius 3 is 2.76 bits per heavy atom. The Bertz CT molecular complexity index is 630. The fraction of sp³-hybridized carbons (Fsp3) is 0.294. The fourth-order valence-corrected chi connectivity index (χ4v) is 3.33. The fourth-order valence-electron chi connectivity index (χ4n) is 2.40. The summed E-state index contributed by atoms with van der Waals surface area (Å²) in [5.41, 5.74) is 3.32. The number of hydrogen-bond acceptors (Lipinski definition) is 1. The summed E-state index contributed by atoms with van der Waals surface area (Å²) < 4.78 is 14.7. The van der Waals surface area contributed by atoms with E-state index in [1.165, 1.54) is 26.8 Å². The van der Waals surface area contributed by atoms with Gasteiger partial charge in [0, 0.05) is 14.6 Å². The number of halogens is 3. The van der Waals surface area contributed by atoms with Crippen molar-refractivity contribution in [2.45, 2.75) is 26.3 Å². The Morgan fingerprint density at radius 1 is 1.29 bits per heavy atom. The average molecular weight is 418 g/mol. The molecular weight excluding hydrogens is 400 g/mol. The van der Waals surface area contributed by atoms with E-state index in [-0.39, 0.29) is 11.9 Å². The molecule has 0 radical (unpaired) electrons. The molecular formula is C17H18ClFIN. The van der Waals surface area contributed by atoms with Crippen molar-refractivity contribution in [1.82, 2.24) is 5.32 Å². The van der Waals surface area contributed by atoms with E-state index in [1.807, 2.05) is 0 Å². The maximum Gasteiger partial charge on any atom is 0.123 e. The molecule has 0 saturated carbocycles. The molecule has 0 amide bonds. The van der Waals surface area contributed by atoms with Gasteiger partial charge in [0.1, 0.15) is 5.82 Å². The van der Waals surface area contributed by atoms with Crippen LogP contribution < -0.4 is 5.32 Å². The second-order valence-electron chi connectivity index (χ2n) is 5.03. The van der Waals surface area contributed by atoms with Crippen LogP contribution in [-0.2, 0) is 6.42 Å². The minimum atomic E-state index is -0.247. The van der Waals surface area contributed by atoms with Crippen molar-refractivity contribution in [3.8, 4) is 0 Å². The second kappa shape index (κ2) is 7.56. The van der Waals surface area contributed by atoms with Crippen LogP contribution in [0.4, 0.5) is 4.39 Å². The van der Waals surface area contributed by atoms with Gasteiger partial charge < -0.3 is 5.32 Å². The van der Waals surface area contributed by atoms with Gasteiger partial charge in [-0.05, 0) is 77.4 Å². The molecule has 21 heavy (non-hydrogen) atoms. The van der Waals surface area contributed by atoms with Crippen molar-refractivity contribution >= 4 is 34.2 Å². The number of nitrogens with one attached hydrogen (secondary N) is 1. The molecule has 0 fully saturated rings.